The molecule has 1 heterocycles. The fourth-order valence-corrected chi connectivity index (χ4v) is 13.5. The highest BCUT2D eigenvalue weighted by Crippen LogP contribution is 2.57. The molecule has 0 radical (unpaired) electrons. The Balaban J connectivity index is 0.00000552. The SMILES string of the molecule is C[C@H]([C@H]1OC(P(C)P)OC[C@@H]1C)[C@H](O[Si](C)(C)C(C)(C)C)[C@@H](C)CC[P+](c1ccccc1)(c1ccccc1)c1ccccc1.[I-]. The van der Waals surface area contributed by atoms with E-state index < -0.39 is 23.2 Å². The highest BCUT2D eigenvalue weighted by molar-refractivity contribution is 8.13. The largest absolute Gasteiger partial charge is 1.00 e. The molecule has 45 heavy (non-hydrogen) atoms. The summed E-state index contributed by atoms with van der Waals surface area (Å²) < 4.78 is 20.3. The Labute approximate surface area is 296 Å². The lowest BCUT2D eigenvalue weighted by molar-refractivity contribution is -0.213. The van der Waals surface area contributed by atoms with Crippen LogP contribution in [0.15, 0.2) is 91.0 Å². The van der Waals surface area contributed by atoms with E-state index in [1.807, 2.05) is 0 Å². The highest BCUT2D eigenvalue weighted by atomic mass is 127. The van der Waals surface area contributed by atoms with Crippen LogP contribution in [0.1, 0.15) is 48.0 Å². The molecule has 0 aromatic heterocycles. The van der Waals surface area contributed by atoms with Gasteiger partial charge in [-0.3, -0.25) is 0 Å². The Hall–Kier alpha value is -0.223. The van der Waals surface area contributed by atoms with Crippen LogP contribution in [-0.2, 0) is 13.9 Å². The highest BCUT2D eigenvalue weighted by Gasteiger charge is 2.48. The Morgan fingerprint density at radius 2 is 1.33 bits per heavy atom. The molecule has 8 heteroatoms. The standard InChI is InChI=1S/C37H56O3P3Si.HI/c1-28(35(40-44(8,9)37(4,5)6)30(3)34-29(2)27-38-36(39-34)42(7)41)25-26-43(31-19-13-10-14-20-31,32-21-15-11-16-22-32)33-23-17-12-18-24-33;/h10-24,28-30,34-36H,25-27,41H2,1-9H3;1H/q+1;/p-1/t28-,29-,30+,34-,35+,36?,42?;/m0./s1. The van der Waals surface area contributed by atoms with Crippen LogP contribution in [0.25, 0.3) is 0 Å². The molecule has 3 unspecified atom stereocenters. The minimum Gasteiger partial charge on any atom is -1.00 e. The van der Waals surface area contributed by atoms with Gasteiger partial charge in [0, 0.05) is 11.8 Å². The van der Waals surface area contributed by atoms with Gasteiger partial charge in [0.1, 0.15) is 23.2 Å². The van der Waals surface area contributed by atoms with Crippen LogP contribution in [-0.4, -0.2) is 46.0 Å². The number of ether oxygens (including phenoxy) is 2. The van der Waals surface area contributed by atoms with Gasteiger partial charge in [-0.15, -0.1) is 8.93 Å². The van der Waals surface area contributed by atoms with Crippen LogP contribution in [0, 0.1) is 17.8 Å². The summed E-state index contributed by atoms with van der Waals surface area (Å²) in [6.45, 7) is 21.9. The maximum absolute atomic E-state index is 7.44. The molecular formula is C37H56IO3P3Si. The molecule has 3 aromatic carbocycles. The van der Waals surface area contributed by atoms with Crippen molar-refractivity contribution in [2.45, 2.75) is 84.3 Å². The summed E-state index contributed by atoms with van der Waals surface area (Å²) in [4.78, 5) is 0. The average molecular weight is 797 g/mol. The van der Waals surface area contributed by atoms with E-state index in [1.165, 1.54) is 15.9 Å². The summed E-state index contributed by atoms with van der Waals surface area (Å²) in [5.41, 5.74) is 0. The second-order valence-corrected chi connectivity index (χ2v) is 27.0. The molecule has 0 spiro atoms. The van der Waals surface area contributed by atoms with Crippen LogP contribution >= 0.6 is 23.8 Å². The van der Waals surface area contributed by atoms with E-state index in [-0.39, 0.29) is 53.2 Å². The normalized spacial score (nSPS) is 22.1. The van der Waals surface area contributed by atoms with Crippen molar-refractivity contribution in [2.75, 3.05) is 19.4 Å². The third kappa shape index (κ3) is 9.27. The Morgan fingerprint density at radius 3 is 1.73 bits per heavy atom. The zero-order chi connectivity index (χ0) is 32.1. The predicted octanol–water partition coefficient (Wildman–Crippen LogP) is 6.27. The van der Waals surface area contributed by atoms with Gasteiger partial charge in [-0.2, -0.15) is 0 Å². The van der Waals surface area contributed by atoms with Gasteiger partial charge in [0.2, 0.25) is 0 Å². The Bertz CT molecular complexity index is 1190. The number of hydrogen-bond acceptors (Lipinski definition) is 3. The maximum Gasteiger partial charge on any atom is 0.192 e. The van der Waals surface area contributed by atoms with Crippen molar-refractivity contribution in [1.29, 1.82) is 0 Å². The van der Waals surface area contributed by atoms with Crippen molar-refractivity contribution in [2.24, 2.45) is 17.8 Å². The summed E-state index contributed by atoms with van der Waals surface area (Å²) in [5.74, 6) is 0.924. The van der Waals surface area contributed by atoms with Gasteiger partial charge in [-0.1, -0.05) is 96.1 Å². The van der Waals surface area contributed by atoms with Gasteiger partial charge < -0.3 is 37.9 Å². The Kier molecular flexibility index (Phi) is 14.8. The van der Waals surface area contributed by atoms with Crippen molar-refractivity contribution >= 4 is 48.0 Å². The van der Waals surface area contributed by atoms with Crippen LogP contribution in [0.5, 0.6) is 0 Å². The minimum absolute atomic E-state index is 0. The first-order valence-corrected chi connectivity index (χ1v) is 24.6. The summed E-state index contributed by atoms with van der Waals surface area (Å²) in [6, 6.07) is 33.7. The quantitative estimate of drug-likeness (QED) is 0.123. The molecule has 4 rings (SSSR count). The third-order valence-corrected chi connectivity index (χ3v) is 20.6. The Morgan fingerprint density at radius 1 is 0.889 bits per heavy atom. The molecule has 1 saturated heterocycles. The van der Waals surface area contributed by atoms with Gasteiger partial charge in [-0.25, -0.2) is 0 Å². The first-order chi connectivity index (χ1) is 20.8. The van der Waals surface area contributed by atoms with E-state index in [1.54, 1.807) is 0 Å². The van der Waals surface area contributed by atoms with E-state index in [0.717, 1.165) is 19.2 Å². The average Bonchev–Trinajstić information content (AvgIpc) is 3.01. The van der Waals surface area contributed by atoms with Crippen LogP contribution < -0.4 is 39.9 Å². The van der Waals surface area contributed by atoms with Gasteiger partial charge in [0.15, 0.2) is 14.3 Å². The molecule has 8 atom stereocenters. The summed E-state index contributed by atoms with van der Waals surface area (Å²) in [6.07, 6.45) is 2.36. The maximum atomic E-state index is 7.44. The number of rotatable bonds is 12. The second kappa shape index (κ2) is 16.9. The molecule has 3 nitrogen and oxygen atoms in total. The van der Waals surface area contributed by atoms with Crippen LogP contribution in [0.4, 0.5) is 0 Å². The monoisotopic (exact) mass is 796 g/mol. The smallest absolute Gasteiger partial charge is 0.192 e. The molecule has 1 fully saturated rings. The molecule has 0 bridgehead atoms. The zero-order valence-corrected chi connectivity index (χ0v) is 34.9. The minimum atomic E-state index is -2.06. The molecule has 0 saturated carbocycles. The molecule has 0 aliphatic carbocycles. The lowest BCUT2D eigenvalue weighted by Crippen LogP contribution is -3.00. The topological polar surface area (TPSA) is 27.7 Å². The molecular weight excluding hydrogens is 740 g/mol. The van der Waals surface area contributed by atoms with Crippen molar-refractivity contribution in [1.82, 2.24) is 0 Å². The van der Waals surface area contributed by atoms with Crippen molar-refractivity contribution in [3.8, 4) is 0 Å². The van der Waals surface area contributed by atoms with Gasteiger partial charge in [0.25, 0.3) is 0 Å². The van der Waals surface area contributed by atoms with E-state index >= 15 is 0 Å². The lowest BCUT2D eigenvalue weighted by Gasteiger charge is -2.47. The first kappa shape index (κ1) is 39.2. The molecule has 1 aliphatic heterocycles. The van der Waals surface area contributed by atoms with Crippen molar-refractivity contribution in [3.63, 3.8) is 0 Å². The van der Waals surface area contributed by atoms with Crippen molar-refractivity contribution < 1.29 is 37.9 Å². The predicted molar refractivity (Wildman–Crippen MR) is 201 cm³/mol. The summed E-state index contributed by atoms with van der Waals surface area (Å²) in [5, 5.41) is 4.46. The van der Waals surface area contributed by atoms with Gasteiger partial charge >= 0.3 is 0 Å². The summed E-state index contributed by atoms with van der Waals surface area (Å²) in [7, 11) is -1.48. The van der Waals surface area contributed by atoms with E-state index in [0.29, 0.717) is 11.8 Å². The second-order valence-electron chi connectivity index (χ2n) is 14.4. The number of hydrogen-bond donors (Lipinski definition) is 0. The molecule has 0 N–H and O–H groups in total. The van der Waals surface area contributed by atoms with Crippen molar-refractivity contribution in [3.05, 3.63) is 91.0 Å². The third-order valence-electron chi connectivity index (χ3n) is 10.0. The lowest BCUT2D eigenvalue weighted by atomic mass is 9.83. The first-order valence-electron chi connectivity index (χ1n) is 16.3. The fraction of sp³-hybridized carbons (Fsp3) is 0.514. The number of halogens is 1. The van der Waals surface area contributed by atoms with E-state index in [4.69, 9.17) is 13.9 Å². The van der Waals surface area contributed by atoms with Crippen LogP contribution in [0.2, 0.25) is 18.1 Å². The van der Waals surface area contributed by atoms with E-state index in [2.05, 4.69) is 161 Å². The number of benzene rings is 3. The molecule has 3 aromatic rings. The van der Waals surface area contributed by atoms with E-state index in [9.17, 15) is 0 Å². The molecule has 248 valence electrons. The summed E-state index contributed by atoms with van der Waals surface area (Å²) >= 11 is 0. The zero-order valence-electron chi connectivity index (χ0n) is 28.8. The van der Waals surface area contributed by atoms with Gasteiger partial charge in [-0.05, 0) is 81.1 Å². The van der Waals surface area contributed by atoms with Gasteiger partial charge in [0.05, 0.1) is 25.0 Å². The molecule has 0 amide bonds. The molecule has 1 aliphatic rings. The fourth-order valence-electron chi connectivity index (χ4n) is 6.38. The van der Waals surface area contributed by atoms with Crippen LogP contribution in [0.3, 0.4) is 0 Å².